The molecule has 0 aliphatic heterocycles. The van der Waals surface area contributed by atoms with Gasteiger partial charge in [0.2, 0.25) is 0 Å². The molecule has 0 fully saturated rings. The van der Waals surface area contributed by atoms with Crippen LogP contribution in [0.2, 0.25) is 0 Å². The van der Waals surface area contributed by atoms with Crippen molar-refractivity contribution in [1.82, 2.24) is 4.98 Å². The molecule has 0 aromatic carbocycles. The van der Waals surface area contributed by atoms with Gasteiger partial charge in [0.15, 0.2) is 0 Å². The maximum atomic E-state index is 5.64. The number of hydrogen-bond acceptors (Lipinski definition) is 3. The van der Waals surface area contributed by atoms with Crippen molar-refractivity contribution in [3.05, 3.63) is 22.8 Å². The number of nitrogens with one attached hydrogen (secondary N) is 1. The molecule has 0 saturated heterocycles. The zero-order valence-electron chi connectivity index (χ0n) is 8.33. The van der Waals surface area contributed by atoms with E-state index in [4.69, 9.17) is 5.73 Å². The molecule has 4 heteroatoms. The first-order valence-corrected chi connectivity index (χ1v) is 5.63. The molecule has 0 aliphatic carbocycles. The summed E-state index contributed by atoms with van der Waals surface area (Å²) in [5.74, 6) is 0.886. The van der Waals surface area contributed by atoms with Crippen LogP contribution in [0, 0.1) is 0 Å². The smallest absolute Gasteiger partial charge is 0.126 e. The topological polar surface area (TPSA) is 50.9 Å². The van der Waals surface area contributed by atoms with Crippen LogP contribution in [0.3, 0.4) is 0 Å². The lowest BCUT2D eigenvalue weighted by molar-refractivity contribution is 0.646. The highest BCUT2D eigenvalue weighted by molar-refractivity contribution is 9.10. The van der Waals surface area contributed by atoms with Gasteiger partial charge in [-0.25, -0.2) is 4.98 Å². The van der Waals surface area contributed by atoms with Crippen LogP contribution >= 0.6 is 15.9 Å². The Bertz CT molecular complexity index is 261. The number of rotatable bonds is 5. The highest BCUT2D eigenvalue weighted by Gasteiger charge is 2.04. The lowest BCUT2D eigenvalue weighted by Crippen LogP contribution is -2.28. The minimum atomic E-state index is 0.327. The summed E-state index contributed by atoms with van der Waals surface area (Å²) in [5.41, 5.74) is 5.64. The first-order valence-electron chi connectivity index (χ1n) is 4.84. The molecule has 3 nitrogen and oxygen atoms in total. The predicted octanol–water partition coefficient (Wildman–Crippen LogP) is 2.38. The van der Waals surface area contributed by atoms with E-state index in [1.165, 1.54) is 0 Å². The molecule has 1 aromatic heterocycles. The Morgan fingerprint density at radius 2 is 2.36 bits per heavy atom. The zero-order valence-corrected chi connectivity index (χ0v) is 9.92. The van der Waals surface area contributed by atoms with Crippen molar-refractivity contribution in [2.75, 3.05) is 11.9 Å². The zero-order chi connectivity index (χ0) is 10.4. The summed E-state index contributed by atoms with van der Waals surface area (Å²) < 4.78 is 0.989. The fourth-order valence-electron chi connectivity index (χ4n) is 1.27. The molecule has 0 aliphatic rings. The van der Waals surface area contributed by atoms with Gasteiger partial charge in [0.05, 0.1) is 0 Å². The van der Waals surface area contributed by atoms with Crippen molar-refractivity contribution < 1.29 is 0 Å². The van der Waals surface area contributed by atoms with Crippen LogP contribution in [-0.2, 0) is 0 Å². The second-order valence-electron chi connectivity index (χ2n) is 3.23. The fraction of sp³-hybridized carbons (Fsp3) is 0.500. The molecular weight excluding hydrogens is 242 g/mol. The third-order valence-corrected chi connectivity index (χ3v) is 2.47. The van der Waals surface area contributed by atoms with Gasteiger partial charge in [0.25, 0.3) is 0 Å². The molecule has 1 aromatic rings. The molecular formula is C10H16BrN3. The third kappa shape index (κ3) is 3.64. The first-order chi connectivity index (χ1) is 6.76. The van der Waals surface area contributed by atoms with E-state index in [1.807, 2.05) is 12.1 Å². The van der Waals surface area contributed by atoms with E-state index < -0.39 is 0 Å². The number of nitrogens with two attached hydrogens (primary N) is 1. The van der Waals surface area contributed by atoms with E-state index in [1.54, 1.807) is 6.20 Å². The van der Waals surface area contributed by atoms with Gasteiger partial charge in [-0.05, 0) is 34.5 Å². The van der Waals surface area contributed by atoms with Crippen LogP contribution in [0.1, 0.15) is 19.8 Å². The van der Waals surface area contributed by atoms with E-state index in [9.17, 15) is 0 Å². The molecule has 0 radical (unpaired) electrons. The standard InChI is InChI=1S/C10H16BrN3/c1-2-3-9(6-12)14-10-5-4-8(11)7-13-10/h4-5,7,9H,2-3,6,12H2,1H3,(H,13,14). The van der Waals surface area contributed by atoms with E-state index in [-0.39, 0.29) is 0 Å². The van der Waals surface area contributed by atoms with Crippen LogP contribution in [-0.4, -0.2) is 17.6 Å². The van der Waals surface area contributed by atoms with E-state index in [0.29, 0.717) is 12.6 Å². The summed E-state index contributed by atoms with van der Waals surface area (Å²) >= 11 is 3.34. The van der Waals surface area contributed by atoms with Crippen molar-refractivity contribution >= 4 is 21.7 Å². The summed E-state index contributed by atoms with van der Waals surface area (Å²) in [6.07, 6.45) is 3.99. The van der Waals surface area contributed by atoms with Gasteiger partial charge in [0, 0.05) is 23.3 Å². The number of anilines is 1. The molecule has 3 N–H and O–H groups in total. The molecule has 0 amide bonds. The summed E-state index contributed by atoms with van der Waals surface area (Å²) in [4.78, 5) is 4.23. The number of nitrogens with zero attached hydrogens (tertiary/aromatic N) is 1. The van der Waals surface area contributed by atoms with Gasteiger partial charge in [-0.15, -0.1) is 0 Å². The van der Waals surface area contributed by atoms with E-state index in [2.05, 4.69) is 33.2 Å². The number of hydrogen-bond donors (Lipinski definition) is 2. The lowest BCUT2D eigenvalue weighted by Gasteiger charge is -2.16. The van der Waals surface area contributed by atoms with Crippen LogP contribution in [0.25, 0.3) is 0 Å². The van der Waals surface area contributed by atoms with Crippen LogP contribution in [0.5, 0.6) is 0 Å². The summed E-state index contributed by atoms with van der Waals surface area (Å²) in [6, 6.07) is 4.24. The highest BCUT2D eigenvalue weighted by atomic mass is 79.9. The third-order valence-electron chi connectivity index (χ3n) is 2.00. The maximum absolute atomic E-state index is 5.64. The van der Waals surface area contributed by atoms with Crippen molar-refractivity contribution in [2.45, 2.75) is 25.8 Å². The molecule has 0 bridgehead atoms. The number of halogens is 1. The summed E-state index contributed by atoms with van der Waals surface area (Å²) in [6.45, 7) is 2.80. The predicted molar refractivity (Wildman–Crippen MR) is 63.3 cm³/mol. The highest BCUT2D eigenvalue weighted by Crippen LogP contribution is 2.12. The normalized spacial score (nSPS) is 12.5. The maximum Gasteiger partial charge on any atom is 0.126 e. The Labute approximate surface area is 93.2 Å². The molecule has 0 saturated carbocycles. The molecule has 1 heterocycles. The van der Waals surface area contributed by atoms with Crippen molar-refractivity contribution in [3.63, 3.8) is 0 Å². The quantitative estimate of drug-likeness (QED) is 0.852. The van der Waals surface area contributed by atoms with E-state index in [0.717, 1.165) is 23.1 Å². The SMILES string of the molecule is CCCC(CN)Nc1ccc(Br)cn1. The molecule has 1 rings (SSSR count). The van der Waals surface area contributed by atoms with Gasteiger partial charge >= 0.3 is 0 Å². The monoisotopic (exact) mass is 257 g/mol. The van der Waals surface area contributed by atoms with Gasteiger partial charge in [-0.2, -0.15) is 0 Å². The Morgan fingerprint density at radius 3 is 2.86 bits per heavy atom. The van der Waals surface area contributed by atoms with Crippen LogP contribution < -0.4 is 11.1 Å². The van der Waals surface area contributed by atoms with Crippen LogP contribution in [0.15, 0.2) is 22.8 Å². The van der Waals surface area contributed by atoms with Crippen molar-refractivity contribution in [2.24, 2.45) is 5.73 Å². The van der Waals surface area contributed by atoms with Crippen molar-refractivity contribution in [1.29, 1.82) is 0 Å². The average molecular weight is 258 g/mol. The summed E-state index contributed by atoms with van der Waals surface area (Å²) in [5, 5.41) is 3.30. The first kappa shape index (κ1) is 11.5. The largest absolute Gasteiger partial charge is 0.366 e. The molecule has 78 valence electrons. The van der Waals surface area contributed by atoms with Crippen LogP contribution in [0.4, 0.5) is 5.82 Å². The Hall–Kier alpha value is -0.610. The van der Waals surface area contributed by atoms with Gasteiger partial charge in [-0.3, -0.25) is 0 Å². The number of pyridine rings is 1. The molecule has 0 spiro atoms. The fourth-order valence-corrected chi connectivity index (χ4v) is 1.50. The van der Waals surface area contributed by atoms with Crippen molar-refractivity contribution in [3.8, 4) is 0 Å². The molecule has 1 atom stereocenters. The Balaban J connectivity index is 2.53. The van der Waals surface area contributed by atoms with Gasteiger partial charge < -0.3 is 11.1 Å². The molecule has 1 unspecified atom stereocenters. The van der Waals surface area contributed by atoms with Gasteiger partial charge in [0.1, 0.15) is 5.82 Å². The average Bonchev–Trinajstić information content (AvgIpc) is 2.20. The second-order valence-corrected chi connectivity index (χ2v) is 4.14. The second kappa shape index (κ2) is 5.98. The molecule has 14 heavy (non-hydrogen) atoms. The Kier molecular flexibility index (Phi) is 4.90. The lowest BCUT2D eigenvalue weighted by atomic mass is 10.2. The van der Waals surface area contributed by atoms with E-state index >= 15 is 0 Å². The Morgan fingerprint density at radius 1 is 1.57 bits per heavy atom. The number of aromatic nitrogens is 1. The minimum absolute atomic E-state index is 0.327. The minimum Gasteiger partial charge on any atom is -0.366 e. The van der Waals surface area contributed by atoms with Gasteiger partial charge in [-0.1, -0.05) is 13.3 Å². The summed E-state index contributed by atoms with van der Waals surface area (Å²) in [7, 11) is 0.